The molecule has 78 valence electrons. The van der Waals surface area contributed by atoms with Crippen LogP contribution in [0.1, 0.15) is 6.92 Å². The molecule has 0 bridgehead atoms. The number of hydrogen-bond acceptors (Lipinski definition) is 5. The van der Waals surface area contributed by atoms with E-state index < -0.39 is 0 Å². The highest BCUT2D eigenvalue weighted by atomic mass is 35.5. The smallest absolute Gasteiger partial charge is 0.206 e. The summed E-state index contributed by atoms with van der Waals surface area (Å²) in [6, 6.07) is 1.80. The first kappa shape index (κ1) is 10.4. The van der Waals surface area contributed by atoms with Gasteiger partial charge in [0.15, 0.2) is 5.16 Å². The van der Waals surface area contributed by atoms with Crippen LogP contribution in [-0.2, 0) is 0 Å². The third-order valence-electron chi connectivity index (χ3n) is 1.56. The van der Waals surface area contributed by atoms with Crippen molar-refractivity contribution in [1.29, 1.82) is 0 Å². The molecule has 0 aliphatic heterocycles. The number of nitrogens with zero attached hydrogens (tertiary/aromatic N) is 5. The Morgan fingerprint density at radius 1 is 1.40 bits per heavy atom. The molecule has 0 N–H and O–H groups in total. The van der Waals surface area contributed by atoms with E-state index >= 15 is 0 Å². The Bertz CT molecular complexity index is 444. The summed E-state index contributed by atoms with van der Waals surface area (Å²) < 4.78 is 1.55. The number of thioether (sulfide) groups is 1. The molecule has 0 aliphatic carbocycles. The minimum atomic E-state index is 0.187. The zero-order chi connectivity index (χ0) is 10.7. The van der Waals surface area contributed by atoms with Crippen molar-refractivity contribution < 1.29 is 0 Å². The van der Waals surface area contributed by atoms with Crippen LogP contribution in [0.3, 0.4) is 0 Å². The Morgan fingerprint density at radius 3 is 2.93 bits per heavy atom. The molecule has 2 aromatic rings. The molecule has 0 amide bonds. The summed E-state index contributed by atoms with van der Waals surface area (Å²) in [6.07, 6.45) is 3.41. The van der Waals surface area contributed by atoms with E-state index in [1.54, 1.807) is 23.1 Å². The van der Waals surface area contributed by atoms with Crippen molar-refractivity contribution in [3.8, 4) is 5.95 Å². The first-order valence-electron chi connectivity index (χ1n) is 4.34. The maximum atomic E-state index is 5.79. The highest BCUT2D eigenvalue weighted by Gasteiger charge is 2.06. The fourth-order valence-electron chi connectivity index (χ4n) is 1.01. The van der Waals surface area contributed by atoms with Gasteiger partial charge >= 0.3 is 0 Å². The Hall–Kier alpha value is -1.14. The van der Waals surface area contributed by atoms with Crippen molar-refractivity contribution in [3.63, 3.8) is 0 Å². The van der Waals surface area contributed by atoms with Gasteiger partial charge in [0.2, 0.25) is 5.28 Å². The second-order valence-electron chi connectivity index (χ2n) is 2.57. The van der Waals surface area contributed by atoms with Gasteiger partial charge in [0, 0.05) is 12.4 Å². The van der Waals surface area contributed by atoms with Crippen LogP contribution in [0, 0.1) is 0 Å². The predicted octanol–water partition coefficient (Wildman–Crippen LogP) is 1.82. The van der Waals surface area contributed by atoms with Crippen LogP contribution in [0.15, 0.2) is 23.6 Å². The standard InChI is InChI=1S/C8H8ClN5S/c1-2-15-8-12-6(9)11-7(13-8)14-5-3-4-10-14/h3-5H,2H2,1H3. The van der Waals surface area contributed by atoms with Crippen LogP contribution in [0.5, 0.6) is 0 Å². The molecule has 0 unspecified atom stereocenters. The third-order valence-corrected chi connectivity index (χ3v) is 2.46. The Morgan fingerprint density at radius 2 is 2.27 bits per heavy atom. The summed E-state index contributed by atoms with van der Waals surface area (Å²) in [5, 5.41) is 4.83. The molecule has 0 radical (unpaired) electrons. The van der Waals surface area contributed by atoms with Gasteiger partial charge in [-0.15, -0.1) is 0 Å². The SMILES string of the molecule is CCSc1nc(Cl)nc(-n2cccn2)n1. The number of rotatable bonds is 3. The highest BCUT2D eigenvalue weighted by Crippen LogP contribution is 2.15. The van der Waals surface area contributed by atoms with E-state index in [1.807, 2.05) is 6.92 Å². The van der Waals surface area contributed by atoms with Crippen LogP contribution in [0.25, 0.3) is 5.95 Å². The minimum Gasteiger partial charge on any atom is -0.206 e. The lowest BCUT2D eigenvalue weighted by atomic mass is 10.7. The molecule has 15 heavy (non-hydrogen) atoms. The van der Waals surface area contributed by atoms with Crippen LogP contribution >= 0.6 is 23.4 Å². The number of aromatic nitrogens is 5. The maximum absolute atomic E-state index is 5.79. The molecule has 0 saturated carbocycles. The predicted molar refractivity (Wildman–Crippen MR) is 58.4 cm³/mol. The van der Waals surface area contributed by atoms with E-state index in [2.05, 4.69) is 20.1 Å². The van der Waals surface area contributed by atoms with E-state index in [0.29, 0.717) is 11.1 Å². The summed E-state index contributed by atoms with van der Waals surface area (Å²) in [6.45, 7) is 2.02. The van der Waals surface area contributed by atoms with E-state index in [4.69, 9.17) is 11.6 Å². The summed E-state index contributed by atoms with van der Waals surface area (Å²) in [7, 11) is 0. The second-order valence-corrected chi connectivity index (χ2v) is 4.14. The summed E-state index contributed by atoms with van der Waals surface area (Å²) in [5.74, 6) is 1.33. The van der Waals surface area contributed by atoms with Crippen LogP contribution in [-0.4, -0.2) is 30.5 Å². The third kappa shape index (κ3) is 2.45. The van der Waals surface area contributed by atoms with Crippen molar-refractivity contribution in [2.45, 2.75) is 12.1 Å². The van der Waals surface area contributed by atoms with Gasteiger partial charge in [-0.3, -0.25) is 0 Å². The Balaban J connectivity index is 2.40. The monoisotopic (exact) mass is 241 g/mol. The van der Waals surface area contributed by atoms with Crippen molar-refractivity contribution in [2.75, 3.05) is 5.75 Å². The molecule has 2 rings (SSSR count). The minimum absolute atomic E-state index is 0.187. The van der Waals surface area contributed by atoms with Gasteiger partial charge in [-0.1, -0.05) is 18.7 Å². The summed E-state index contributed by atoms with van der Waals surface area (Å²) >= 11 is 7.30. The topological polar surface area (TPSA) is 56.5 Å². The van der Waals surface area contributed by atoms with Gasteiger partial charge in [-0.2, -0.15) is 20.1 Å². The summed E-state index contributed by atoms with van der Waals surface area (Å²) in [4.78, 5) is 12.2. The first-order chi connectivity index (χ1) is 7.29. The average molecular weight is 242 g/mol. The molecule has 7 heteroatoms. The van der Waals surface area contributed by atoms with E-state index in [1.165, 1.54) is 11.8 Å². The van der Waals surface area contributed by atoms with Gasteiger partial charge in [-0.25, -0.2) is 4.68 Å². The zero-order valence-corrected chi connectivity index (χ0v) is 9.53. The average Bonchev–Trinajstić information content (AvgIpc) is 2.70. The fraction of sp³-hybridized carbons (Fsp3) is 0.250. The van der Waals surface area contributed by atoms with Crippen LogP contribution in [0.4, 0.5) is 0 Å². The van der Waals surface area contributed by atoms with Crippen LogP contribution < -0.4 is 0 Å². The molecule has 0 spiro atoms. The maximum Gasteiger partial charge on any atom is 0.255 e. The van der Waals surface area contributed by atoms with E-state index in [-0.39, 0.29) is 5.28 Å². The van der Waals surface area contributed by atoms with Crippen molar-refractivity contribution >= 4 is 23.4 Å². The lowest BCUT2D eigenvalue weighted by Gasteiger charge is -2.01. The molecule has 2 heterocycles. The molecule has 0 saturated heterocycles. The number of hydrogen-bond donors (Lipinski definition) is 0. The van der Waals surface area contributed by atoms with E-state index in [9.17, 15) is 0 Å². The second kappa shape index (κ2) is 4.59. The quantitative estimate of drug-likeness (QED) is 0.768. The van der Waals surface area contributed by atoms with Gasteiger partial charge < -0.3 is 0 Å². The highest BCUT2D eigenvalue weighted by molar-refractivity contribution is 7.99. The molecule has 0 fully saturated rings. The molecule has 0 aliphatic rings. The Kier molecular flexibility index (Phi) is 3.17. The number of halogens is 1. The lowest BCUT2D eigenvalue weighted by molar-refractivity contribution is 0.759. The fourth-order valence-corrected chi connectivity index (χ4v) is 1.77. The molecule has 2 aromatic heterocycles. The van der Waals surface area contributed by atoms with E-state index in [0.717, 1.165) is 5.75 Å². The van der Waals surface area contributed by atoms with Gasteiger partial charge in [-0.05, 0) is 23.4 Å². The van der Waals surface area contributed by atoms with Crippen molar-refractivity contribution in [3.05, 3.63) is 23.7 Å². The zero-order valence-electron chi connectivity index (χ0n) is 7.96. The summed E-state index contributed by atoms with van der Waals surface area (Å²) in [5.41, 5.74) is 0. The van der Waals surface area contributed by atoms with Crippen LogP contribution in [0.2, 0.25) is 5.28 Å². The van der Waals surface area contributed by atoms with Gasteiger partial charge in [0.05, 0.1) is 0 Å². The Labute approximate surface area is 95.9 Å². The normalized spacial score (nSPS) is 10.5. The molecular weight excluding hydrogens is 234 g/mol. The molecule has 0 atom stereocenters. The molecule has 0 aromatic carbocycles. The first-order valence-corrected chi connectivity index (χ1v) is 5.70. The lowest BCUT2D eigenvalue weighted by Crippen LogP contribution is -2.04. The molecular formula is C8H8ClN5S. The van der Waals surface area contributed by atoms with Gasteiger partial charge in [0.25, 0.3) is 5.95 Å². The largest absolute Gasteiger partial charge is 0.255 e. The molecule has 5 nitrogen and oxygen atoms in total. The van der Waals surface area contributed by atoms with Gasteiger partial charge in [0.1, 0.15) is 0 Å². The van der Waals surface area contributed by atoms with Crippen molar-refractivity contribution in [1.82, 2.24) is 24.7 Å². The van der Waals surface area contributed by atoms with Crippen molar-refractivity contribution in [2.24, 2.45) is 0 Å².